The van der Waals surface area contributed by atoms with Crippen LogP contribution in [0, 0.1) is 0 Å². The summed E-state index contributed by atoms with van der Waals surface area (Å²) in [6, 6.07) is 0.667. The molecule has 5 nitrogen and oxygen atoms in total. The Kier molecular flexibility index (Phi) is 2.63. The summed E-state index contributed by atoms with van der Waals surface area (Å²) in [6.45, 7) is 1.75. The molecule has 1 aliphatic carbocycles. The SMILES string of the molecule is Nc1nc2c(c(=O)[nH]1)CN(C1CCCC1)CC2. The molecule has 1 aliphatic heterocycles. The molecule has 92 valence electrons. The van der Waals surface area contributed by atoms with E-state index in [0.29, 0.717) is 6.04 Å². The minimum absolute atomic E-state index is 0.0600. The van der Waals surface area contributed by atoms with Crippen molar-refractivity contribution in [2.45, 2.75) is 44.7 Å². The maximum atomic E-state index is 11.8. The van der Waals surface area contributed by atoms with Crippen LogP contribution in [0.3, 0.4) is 0 Å². The lowest BCUT2D eigenvalue weighted by molar-refractivity contribution is 0.178. The van der Waals surface area contributed by atoms with Crippen LogP contribution in [0.4, 0.5) is 5.95 Å². The zero-order chi connectivity index (χ0) is 11.8. The van der Waals surface area contributed by atoms with E-state index < -0.39 is 0 Å². The van der Waals surface area contributed by atoms with Gasteiger partial charge in [-0.2, -0.15) is 0 Å². The van der Waals surface area contributed by atoms with Gasteiger partial charge in [-0.1, -0.05) is 12.8 Å². The monoisotopic (exact) mass is 234 g/mol. The smallest absolute Gasteiger partial charge is 0.257 e. The summed E-state index contributed by atoms with van der Waals surface area (Å²) in [7, 11) is 0. The highest BCUT2D eigenvalue weighted by atomic mass is 16.1. The number of hydrogen-bond donors (Lipinski definition) is 2. The Labute approximate surface area is 100 Å². The third-order valence-electron chi connectivity index (χ3n) is 3.96. The molecule has 1 aromatic rings. The van der Waals surface area contributed by atoms with Gasteiger partial charge in [-0.05, 0) is 12.8 Å². The first-order valence-electron chi connectivity index (χ1n) is 6.35. The number of H-pyrrole nitrogens is 1. The molecule has 3 N–H and O–H groups in total. The second-order valence-corrected chi connectivity index (χ2v) is 5.04. The van der Waals surface area contributed by atoms with Crippen molar-refractivity contribution in [1.82, 2.24) is 14.9 Å². The van der Waals surface area contributed by atoms with Crippen molar-refractivity contribution in [2.75, 3.05) is 12.3 Å². The van der Waals surface area contributed by atoms with E-state index in [4.69, 9.17) is 5.73 Å². The number of rotatable bonds is 1. The number of hydrogen-bond acceptors (Lipinski definition) is 4. The van der Waals surface area contributed by atoms with Gasteiger partial charge in [-0.15, -0.1) is 0 Å². The zero-order valence-electron chi connectivity index (χ0n) is 9.91. The van der Waals surface area contributed by atoms with Gasteiger partial charge in [0, 0.05) is 25.6 Å². The van der Waals surface area contributed by atoms with Crippen molar-refractivity contribution in [2.24, 2.45) is 0 Å². The molecule has 1 fully saturated rings. The van der Waals surface area contributed by atoms with Gasteiger partial charge in [0.2, 0.25) is 5.95 Å². The number of fused-ring (bicyclic) bond motifs is 1. The zero-order valence-corrected chi connectivity index (χ0v) is 9.91. The molecule has 0 bridgehead atoms. The van der Waals surface area contributed by atoms with Crippen molar-refractivity contribution < 1.29 is 0 Å². The van der Waals surface area contributed by atoms with E-state index in [1.165, 1.54) is 25.7 Å². The number of nitrogens with zero attached hydrogens (tertiary/aromatic N) is 2. The van der Waals surface area contributed by atoms with E-state index in [1.54, 1.807) is 0 Å². The van der Waals surface area contributed by atoms with Gasteiger partial charge >= 0.3 is 0 Å². The molecular weight excluding hydrogens is 216 g/mol. The highest BCUT2D eigenvalue weighted by Crippen LogP contribution is 2.27. The molecule has 0 spiro atoms. The topological polar surface area (TPSA) is 75.0 Å². The molecular formula is C12H18N4O. The van der Waals surface area contributed by atoms with Crippen LogP contribution in [0.5, 0.6) is 0 Å². The molecule has 0 radical (unpaired) electrons. The highest BCUT2D eigenvalue weighted by molar-refractivity contribution is 5.27. The summed E-state index contributed by atoms with van der Waals surface area (Å²) < 4.78 is 0. The Morgan fingerprint density at radius 2 is 2.12 bits per heavy atom. The second kappa shape index (κ2) is 4.14. The van der Waals surface area contributed by atoms with E-state index in [9.17, 15) is 4.79 Å². The normalized spacial score (nSPS) is 21.6. The third-order valence-corrected chi connectivity index (χ3v) is 3.96. The summed E-state index contributed by atoms with van der Waals surface area (Å²) in [6.07, 6.45) is 6.04. The highest BCUT2D eigenvalue weighted by Gasteiger charge is 2.27. The van der Waals surface area contributed by atoms with Gasteiger partial charge in [-0.3, -0.25) is 14.7 Å². The fourth-order valence-corrected chi connectivity index (χ4v) is 3.05. The van der Waals surface area contributed by atoms with Crippen LogP contribution in [0.1, 0.15) is 36.9 Å². The first-order valence-corrected chi connectivity index (χ1v) is 6.35. The van der Waals surface area contributed by atoms with Crippen LogP contribution in [0.25, 0.3) is 0 Å². The fourth-order valence-electron chi connectivity index (χ4n) is 3.05. The van der Waals surface area contributed by atoms with Gasteiger partial charge < -0.3 is 5.73 Å². The molecule has 0 aromatic carbocycles. The summed E-state index contributed by atoms with van der Waals surface area (Å²) >= 11 is 0. The van der Waals surface area contributed by atoms with Gasteiger partial charge in [0.25, 0.3) is 5.56 Å². The molecule has 0 saturated heterocycles. The summed E-state index contributed by atoms with van der Waals surface area (Å²) in [5.74, 6) is 0.239. The van der Waals surface area contributed by atoms with E-state index in [-0.39, 0.29) is 11.5 Å². The van der Waals surface area contributed by atoms with Gasteiger partial charge in [0.05, 0.1) is 11.3 Å². The Morgan fingerprint density at radius 1 is 1.35 bits per heavy atom. The van der Waals surface area contributed by atoms with Crippen molar-refractivity contribution in [3.63, 3.8) is 0 Å². The molecule has 2 heterocycles. The molecule has 0 atom stereocenters. The van der Waals surface area contributed by atoms with E-state index in [2.05, 4.69) is 14.9 Å². The number of anilines is 1. The fraction of sp³-hybridized carbons (Fsp3) is 0.667. The average molecular weight is 234 g/mol. The number of nitrogens with one attached hydrogen (secondary N) is 1. The summed E-state index contributed by atoms with van der Waals surface area (Å²) in [4.78, 5) is 21.1. The molecule has 0 amide bonds. The molecule has 2 aliphatic rings. The van der Waals surface area contributed by atoms with Crippen LogP contribution in [0.2, 0.25) is 0 Å². The molecule has 0 unspecified atom stereocenters. The van der Waals surface area contributed by atoms with Crippen LogP contribution in [0.15, 0.2) is 4.79 Å². The first-order chi connectivity index (χ1) is 8.24. The molecule has 1 saturated carbocycles. The minimum Gasteiger partial charge on any atom is -0.369 e. The number of aromatic amines is 1. The Bertz CT molecular complexity index is 476. The number of nitrogens with two attached hydrogens (primary N) is 1. The summed E-state index contributed by atoms with van der Waals surface area (Å²) in [5.41, 5.74) is 7.21. The maximum absolute atomic E-state index is 11.8. The van der Waals surface area contributed by atoms with Gasteiger partial charge in [-0.25, -0.2) is 4.98 Å². The predicted octanol–water partition coefficient (Wildman–Crippen LogP) is 0.653. The van der Waals surface area contributed by atoms with Crippen LogP contribution in [-0.4, -0.2) is 27.5 Å². The maximum Gasteiger partial charge on any atom is 0.257 e. The van der Waals surface area contributed by atoms with Gasteiger partial charge in [0.15, 0.2) is 0 Å². The Hall–Kier alpha value is -1.36. The lowest BCUT2D eigenvalue weighted by Crippen LogP contribution is -2.41. The van der Waals surface area contributed by atoms with E-state index in [0.717, 1.165) is 30.8 Å². The standard InChI is InChI=1S/C12H18N4O/c13-12-14-10-5-6-16(8-3-1-2-4-8)7-9(10)11(17)15-12/h8H,1-7H2,(H3,13,14,15,17). The van der Waals surface area contributed by atoms with E-state index in [1.807, 2.05) is 0 Å². The van der Waals surface area contributed by atoms with Crippen molar-refractivity contribution >= 4 is 5.95 Å². The lowest BCUT2D eigenvalue weighted by Gasteiger charge is -2.32. The molecule has 17 heavy (non-hydrogen) atoms. The van der Waals surface area contributed by atoms with Crippen molar-refractivity contribution in [1.29, 1.82) is 0 Å². The van der Waals surface area contributed by atoms with Crippen LogP contribution >= 0.6 is 0 Å². The number of nitrogen functional groups attached to an aromatic ring is 1. The minimum atomic E-state index is -0.0600. The first kappa shape index (κ1) is 10.8. The summed E-state index contributed by atoms with van der Waals surface area (Å²) in [5, 5.41) is 0. The predicted molar refractivity (Wildman–Crippen MR) is 65.6 cm³/mol. The molecule has 5 heteroatoms. The number of aromatic nitrogens is 2. The average Bonchev–Trinajstić information content (AvgIpc) is 2.82. The van der Waals surface area contributed by atoms with Gasteiger partial charge in [0.1, 0.15) is 0 Å². The molecule has 3 rings (SSSR count). The molecule has 1 aromatic heterocycles. The van der Waals surface area contributed by atoms with Crippen LogP contribution < -0.4 is 11.3 Å². The van der Waals surface area contributed by atoms with Crippen LogP contribution in [-0.2, 0) is 13.0 Å². The van der Waals surface area contributed by atoms with Crippen molar-refractivity contribution in [3.05, 3.63) is 21.6 Å². The van der Waals surface area contributed by atoms with Crippen molar-refractivity contribution in [3.8, 4) is 0 Å². The Morgan fingerprint density at radius 3 is 2.88 bits per heavy atom. The Balaban J connectivity index is 1.87. The second-order valence-electron chi connectivity index (χ2n) is 5.04. The third kappa shape index (κ3) is 1.95. The largest absolute Gasteiger partial charge is 0.369 e. The van der Waals surface area contributed by atoms with E-state index >= 15 is 0 Å². The lowest BCUT2D eigenvalue weighted by atomic mass is 10.0. The quantitative estimate of drug-likeness (QED) is 0.748.